The number of amides is 1. The van der Waals surface area contributed by atoms with E-state index in [-0.39, 0.29) is 17.4 Å². The van der Waals surface area contributed by atoms with Crippen molar-refractivity contribution < 1.29 is 32.6 Å². The van der Waals surface area contributed by atoms with E-state index in [1.165, 1.54) is 36.0 Å². The Bertz CT molecular complexity index is 1060. The molecule has 3 aromatic rings. The molecule has 3 rings (SSSR count). The third-order valence-electron chi connectivity index (χ3n) is 3.95. The molecule has 0 saturated carbocycles. The van der Waals surface area contributed by atoms with Gasteiger partial charge in [-0.3, -0.25) is 4.79 Å². The lowest BCUT2D eigenvalue weighted by molar-refractivity contribution is -0.137. The number of alkyl halides is 3. The first-order valence-electron chi connectivity index (χ1n) is 8.17. The topological polar surface area (TPSA) is 93.5 Å². The second kappa shape index (κ2) is 7.66. The molecule has 0 bridgehead atoms. The summed E-state index contributed by atoms with van der Waals surface area (Å²) in [4.78, 5) is 27.2. The van der Waals surface area contributed by atoms with Crippen LogP contribution in [0.4, 0.5) is 23.8 Å². The average molecular weight is 405 g/mol. The highest BCUT2D eigenvalue weighted by molar-refractivity contribution is 6.08. The van der Waals surface area contributed by atoms with Crippen LogP contribution in [0.5, 0.6) is 6.01 Å². The fourth-order valence-corrected chi connectivity index (χ4v) is 2.64. The molecule has 1 amide bonds. The molecule has 2 N–H and O–H groups in total. The highest BCUT2D eigenvalue weighted by Gasteiger charge is 2.30. The molecule has 0 fully saturated rings. The molecule has 0 spiro atoms. The quantitative estimate of drug-likeness (QED) is 0.627. The van der Waals surface area contributed by atoms with Crippen LogP contribution < -0.4 is 10.1 Å². The summed E-state index contributed by atoms with van der Waals surface area (Å²) in [6, 6.07) is 10.6. The van der Waals surface area contributed by atoms with E-state index in [1.807, 2.05) is 0 Å². The Kier molecular flexibility index (Phi) is 5.26. The second-order valence-corrected chi connectivity index (χ2v) is 5.96. The van der Waals surface area contributed by atoms with Crippen LogP contribution in [0.2, 0.25) is 0 Å². The van der Waals surface area contributed by atoms with Crippen LogP contribution in [-0.4, -0.2) is 26.7 Å². The number of rotatable bonds is 4. The summed E-state index contributed by atoms with van der Waals surface area (Å²) < 4.78 is 44.0. The molecule has 1 aromatic heterocycles. The Labute approximate surface area is 162 Å². The van der Waals surface area contributed by atoms with Gasteiger partial charge in [0.15, 0.2) is 5.82 Å². The third-order valence-corrected chi connectivity index (χ3v) is 3.95. The molecule has 0 atom stereocenters. The van der Waals surface area contributed by atoms with Gasteiger partial charge in [-0.25, -0.2) is 4.79 Å². The number of aryl methyl sites for hydroxylation is 1. The summed E-state index contributed by atoms with van der Waals surface area (Å²) in [5.41, 5.74) is 0.276. The predicted octanol–water partition coefficient (Wildman–Crippen LogP) is 4.42. The molecule has 0 aliphatic heterocycles. The molecule has 150 valence electrons. The fourth-order valence-electron chi connectivity index (χ4n) is 2.64. The van der Waals surface area contributed by atoms with Crippen LogP contribution >= 0.6 is 0 Å². The normalized spacial score (nSPS) is 11.2. The zero-order chi connectivity index (χ0) is 21.2. The molecule has 10 heteroatoms. The summed E-state index contributed by atoms with van der Waals surface area (Å²) in [5, 5.41) is 11.2. The smallest absolute Gasteiger partial charge is 0.449 e. The van der Waals surface area contributed by atoms with E-state index in [4.69, 9.17) is 5.11 Å². The standard InChI is InChI=1S/C19H14F3N3O4/c1-25-10-15(24-17(25)29-18(27)28)23-16(26)14-5-3-2-4-13(14)11-6-8-12(9-7-11)19(20,21)22/h2-10H,1H3,(H,23,26)(H,27,28). The number of halogens is 3. The molecule has 0 aliphatic rings. The van der Waals surface area contributed by atoms with Crippen molar-refractivity contribution in [2.24, 2.45) is 7.05 Å². The van der Waals surface area contributed by atoms with Crippen molar-refractivity contribution in [3.05, 3.63) is 65.9 Å². The first kappa shape index (κ1) is 19.9. The Hall–Kier alpha value is -3.82. The number of ether oxygens (including phenoxy) is 1. The van der Waals surface area contributed by atoms with Gasteiger partial charge in [0.05, 0.1) is 11.8 Å². The lowest BCUT2D eigenvalue weighted by Crippen LogP contribution is -2.13. The maximum atomic E-state index is 12.8. The molecule has 0 unspecified atom stereocenters. The van der Waals surface area contributed by atoms with E-state index in [0.717, 1.165) is 12.1 Å². The van der Waals surface area contributed by atoms with Gasteiger partial charge in [-0.1, -0.05) is 30.3 Å². The number of hydrogen-bond donors (Lipinski definition) is 2. The second-order valence-electron chi connectivity index (χ2n) is 5.96. The lowest BCUT2D eigenvalue weighted by Gasteiger charge is -2.11. The minimum Gasteiger partial charge on any atom is -0.449 e. The number of carbonyl (C=O) groups is 2. The number of benzene rings is 2. The van der Waals surface area contributed by atoms with Crippen molar-refractivity contribution in [1.82, 2.24) is 9.55 Å². The molecular weight excluding hydrogens is 391 g/mol. The molecule has 0 aliphatic carbocycles. The highest BCUT2D eigenvalue weighted by atomic mass is 19.4. The number of nitrogens with one attached hydrogen (secondary N) is 1. The van der Waals surface area contributed by atoms with E-state index in [2.05, 4.69) is 15.0 Å². The zero-order valence-electron chi connectivity index (χ0n) is 14.9. The van der Waals surface area contributed by atoms with Crippen molar-refractivity contribution in [3.63, 3.8) is 0 Å². The van der Waals surface area contributed by atoms with E-state index in [9.17, 15) is 22.8 Å². The van der Waals surface area contributed by atoms with Crippen LogP contribution in [-0.2, 0) is 13.2 Å². The summed E-state index contributed by atoms with van der Waals surface area (Å²) in [5.74, 6) is -0.517. The number of carboxylic acid groups (broad SMARTS) is 1. The summed E-state index contributed by atoms with van der Waals surface area (Å²) >= 11 is 0. The van der Waals surface area contributed by atoms with Crippen molar-refractivity contribution in [2.75, 3.05) is 5.32 Å². The molecule has 0 radical (unpaired) electrons. The molecule has 29 heavy (non-hydrogen) atoms. The minimum absolute atomic E-state index is 0.0518. The molecule has 7 nitrogen and oxygen atoms in total. The summed E-state index contributed by atoms with van der Waals surface area (Å²) in [7, 11) is 1.48. The van der Waals surface area contributed by atoms with Crippen molar-refractivity contribution >= 4 is 17.9 Å². The van der Waals surface area contributed by atoms with Gasteiger partial charge in [0, 0.05) is 12.6 Å². The van der Waals surface area contributed by atoms with Crippen molar-refractivity contribution in [2.45, 2.75) is 6.18 Å². The fraction of sp³-hybridized carbons (Fsp3) is 0.105. The Morgan fingerprint density at radius 3 is 2.38 bits per heavy atom. The third kappa shape index (κ3) is 4.54. The number of nitrogens with zero attached hydrogens (tertiary/aromatic N) is 2. The van der Waals surface area contributed by atoms with Crippen LogP contribution in [0.1, 0.15) is 15.9 Å². The molecule has 1 heterocycles. The minimum atomic E-state index is -4.45. The van der Waals surface area contributed by atoms with Gasteiger partial charge in [-0.15, -0.1) is 0 Å². The van der Waals surface area contributed by atoms with Crippen LogP contribution in [0.15, 0.2) is 54.7 Å². The van der Waals surface area contributed by atoms with Gasteiger partial charge in [-0.05, 0) is 29.3 Å². The average Bonchev–Trinajstić information content (AvgIpc) is 2.99. The van der Waals surface area contributed by atoms with Crippen LogP contribution in [0, 0.1) is 0 Å². The van der Waals surface area contributed by atoms with Gasteiger partial charge in [0.2, 0.25) is 0 Å². The predicted molar refractivity (Wildman–Crippen MR) is 96.7 cm³/mol. The van der Waals surface area contributed by atoms with Gasteiger partial charge in [0.25, 0.3) is 5.91 Å². The number of carbonyl (C=O) groups excluding carboxylic acids is 1. The molecule has 0 saturated heterocycles. The van der Waals surface area contributed by atoms with Gasteiger partial charge < -0.3 is 19.7 Å². The van der Waals surface area contributed by atoms with Gasteiger partial charge >= 0.3 is 18.3 Å². The zero-order valence-corrected chi connectivity index (χ0v) is 14.9. The van der Waals surface area contributed by atoms with Crippen LogP contribution in [0.25, 0.3) is 11.1 Å². The van der Waals surface area contributed by atoms with Crippen molar-refractivity contribution in [3.8, 4) is 17.1 Å². The Morgan fingerprint density at radius 2 is 1.76 bits per heavy atom. The SMILES string of the molecule is Cn1cc(NC(=O)c2ccccc2-c2ccc(C(F)(F)F)cc2)nc1OC(=O)O. The summed E-state index contributed by atoms with van der Waals surface area (Å²) in [6.07, 6.45) is -4.65. The Balaban J connectivity index is 1.87. The maximum Gasteiger partial charge on any atom is 0.513 e. The number of aromatic nitrogens is 2. The lowest BCUT2D eigenvalue weighted by atomic mass is 9.98. The largest absolute Gasteiger partial charge is 0.513 e. The first-order chi connectivity index (χ1) is 13.6. The maximum absolute atomic E-state index is 12.8. The monoisotopic (exact) mass is 405 g/mol. The van der Waals surface area contributed by atoms with Gasteiger partial charge in [-0.2, -0.15) is 18.2 Å². The molecule has 2 aromatic carbocycles. The highest BCUT2D eigenvalue weighted by Crippen LogP contribution is 2.32. The van der Waals surface area contributed by atoms with E-state index < -0.39 is 23.8 Å². The number of hydrogen-bond acceptors (Lipinski definition) is 4. The van der Waals surface area contributed by atoms with Gasteiger partial charge in [0.1, 0.15) is 0 Å². The van der Waals surface area contributed by atoms with E-state index in [0.29, 0.717) is 11.1 Å². The molecular formula is C19H14F3N3O4. The van der Waals surface area contributed by atoms with Crippen LogP contribution in [0.3, 0.4) is 0 Å². The summed E-state index contributed by atoms with van der Waals surface area (Å²) in [6.45, 7) is 0. The van der Waals surface area contributed by atoms with E-state index in [1.54, 1.807) is 18.2 Å². The van der Waals surface area contributed by atoms with E-state index >= 15 is 0 Å². The Morgan fingerprint density at radius 1 is 1.10 bits per heavy atom. The van der Waals surface area contributed by atoms with Crippen molar-refractivity contribution in [1.29, 1.82) is 0 Å². The first-order valence-corrected chi connectivity index (χ1v) is 8.17. The number of anilines is 1. The number of imidazole rings is 1.